The van der Waals surface area contributed by atoms with Crippen LogP contribution in [0.25, 0.3) is 5.70 Å². The van der Waals surface area contributed by atoms with E-state index >= 15 is 0 Å². The fourth-order valence-corrected chi connectivity index (χ4v) is 4.55. The largest absolute Gasteiger partial charge is 0.452 e. The molecule has 11 heteroatoms. The number of nitrogens with one attached hydrogen (secondary N) is 1. The van der Waals surface area contributed by atoms with Gasteiger partial charge in [0.05, 0.1) is 18.8 Å². The van der Waals surface area contributed by atoms with Crippen molar-refractivity contribution in [2.24, 2.45) is 5.92 Å². The summed E-state index contributed by atoms with van der Waals surface area (Å²) in [5.74, 6) is -2.57. The van der Waals surface area contributed by atoms with E-state index in [1.165, 1.54) is 6.20 Å². The lowest BCUT2D eigenvalue weighted by atomic mass is 9.89. The topological polar surface area (TPSA) is 99.2 Å². The molecule has 0 fully saturated rings. The Kier molecular flexibility index (Phi) is 8.51. The Morgan fingerprint density at radius 3 is 2.08 bits per heavy atom. The molecule has 0 radical (unpaired) electrons. The van der Waals surface area contributed by atoms with Crippen LogP contribution in [0.1, 0.15) is 31.9 Å². The number of hydrogen-bond donors (Lipinski definition) is 2. The highest BCUT2D eigenvalue weighted by Gasteiger charge is 2.63. The zero-order chi connectivity index (χ0) is 28.3. The van der Waals surface area contributed by atoms with Gasteiger partial charge in [-0.2, -0.15) is 13.2 Å². The second kappa shape index (κ2) is 11.3. The van der Waals surface area contributed by atoms with E-state index in [2.05, 4.69) is 0 Å². The van der Waals surface area contributed by atoms with E-state index in [0.29, 0.717) is 11.1 Å². The van der Waals surface area contributed by atoms with Crippen LogP contribution in [0.15, 0.2) is 66.9 Å². The standard InChI is InChI=1S/C27H30F3N3O5/c1-17(2)23-24(35)33(21(16-32(23)25(36)38-4)20-13-9-6-10-14-20)22(15-19-11-7-5-8-12-19)26(37,27(28,29)30)31-18(3)34/h5-14,16-17,22-23,37H,15H2,1-4H3,(H,31,34). The van der Waals surface area contributed by atoms with Crippen molar-refractivity contribution in [3.05, 3.63) is 78.0 Å². The van der Waals surface area contributed by atoms with E-state index in [9.17, 15) is 32.7 Å². The summed E-state index contributed by atoms with van der Waals surface area (Å²) in [6, 6.07) is 12.7. The molecule has 38 heavy (non-hydrogen) atoms. The number of ether oxygens (including phenoxy) is 1. The molecule has 2 N–H and O–H groups in total. The molecule has 8 nitrogen and oxygen atoms in total. The van der Waals surface area contributed by atoms with Crippen LogP contribution in [-0.2, 0) is 20.7 Å². The van der Waals surface area contributed by atoms with Gasteiger partial charge in [0.15, 0.2) is 0 Å². The summed E-state index contributed by atoms with van der Waals surface area (Å²) in [6.07, 6.45) is -5.49. The van der Waals surface area contributed by atoms with Crippen LogP contribution in [0, 0.1) is 5.92 Å². The molecule has 3 rings (SSSR count). The molecule has 0 spiro atoms. The quantitative estimate of drug-likeness (QED) is 0.526. The van der Waals surface area contributed by atoms with Gasteiger partial charge in [-0.3, -0.25) is 19.4 Å². The van der Waals surface area contributed by atoms with E-state index in [-0.39, 0.29) is 5.70 Å². The van der Waals surface area contributed by atoms with Crippen molar-refractivity contribution in [3.8, 4) is 0 Å². The lowest BCUT2D eigenvalue weighted by Gasteiger charge is -2.48. The normalized spacial score (nSPS) is 18.5. The number of benzene rings is 2. The highest BCUT2D eigenvalue weighted by Crippen LogP contribution is 2.41. The van der Waals surface area contributed by atoms with Gasteiger partial charge in [-0.1, -0.05) is 74.5 Å². The van der Waals surface area contributed by atoms with Crippen molar-refractivity contribution in [1.82, 2.24) is 15.1 Å². The molecule has 1 aliphatic heterocycles. The molecule has 0 saturated carbocycles. The predicted molar refractivity (Wildman–Crippen MR) is 133 cm³/mol. The summed E-state index contributed by atoms with van der Waals surface area (Å²) < 4.78 is 48.8. The van der Waals surface area contributed by atoms with Gasteiger partial charge in [0.25, 0.3) is 11.6 Å². The van der Waals surface area contributed by atoms with Crippen molar-refractivity contribution in [1.29, 1.82) is 0 Å². The van der Waals surface area contributed by atoms with Gasteiger partial charge in [0.1, 0.15) is 6.04 Å². The van der Waals surface area contributed by atoms with Gasteiger partial charge in [0, 0.05) is 13.1 Å². The number of rotatable bonds is 7. The van der Waals surface area contributed by atoms with E-state index in [4.69, 9.17) is 4.74 Å². The smallest absolute Gasteiger partial charge is 0.438 e. The fraction of sp³-hybridized carbons (Fsp3) is 0.370. The number of amides is 3. The van der Waals surface area contributed by atoms with Crippen LogP contribution in [0.2, 0.25) is 0 Å². The molecule has 0 aromatic heterocycles. The summed E-state index contributed by atoms with van der Waals surface area (Å²) in [5.41, 5.74) is -3.23. The maximum Gasteiger partial charge on any atom is 0.438 e. The molecule has 0 aliphatic carbocycles. The van der Waals surface area contributed by atoms with Crippen molar-refractivity contribution in [3.63, 3.8) is 0 Å². The van der Waals surface area contributed by atoms with Crippen LogP contribution < -0.4 is 5.32 Å². The van der Waals surface area contributed by atoms with Crippen LogP contribution in [0.4, 0.5) is 18.0 Å². The maximum atomic E-state index is 14.6. The summed E-state index contributed by atoms with van der Waals surface area (Å²) in [5, 5.41) is 12.9. The molecule has 2 aromatic rings. The molecule has 1 heterocycles. The lowest BCUT2D eigenvalue weighted by molar-refractivity contribution is -0.287. The minimum absolute atomic E-state index is 0.0770. The molecule has 1 aliphatic rings. The predicted octanol–water partition coefficient (Wildman–Crippen LogP) is 3.92. The summed E-state index contributed by atoms with van der Waals surface area (Å²) in [7, 11) is 1.13. The monoisotopic (exact) mass is 533 g/mol. The highest BCUT2D eigenvalue weighted by atomic mass is 19.4. The molecule has 0 saturated heterocycles. The van der Waals surface area contributed by atoms with Crippen molar-refractivity contribution in [2.45, 2.75) is 51.2 Å². The third-order valence-electron chi connectivity index (χ3n) is 6.26. The second-order valence-electron chi connectivity index (χ2n) is 9.31. The first-order valence-corrected chi connectivity index (χ1v) is 11.9. The van der Waals surface area contributed by atoms with E-state index in [1.807, 2.05) is 0 Å². The zero-order valence-corrected chi connectivity index (χ0v) is 21.4. The molecule has 204 valence electrons. The minimum atomic E-state index is -5.38. The van der Waals surface area contributed by atoms with Crippen molar-refractivity contribution in [2.75, 3.05) is 7.11 Å². The summed E-state index contributed by atoms with van der Waals surface area (Å²) >= 11 is 0. The Hall–Kier alpha value is -3.86. The second-order valence-corrected chi connectivity index (χ2v) is 9.31. The number of carbonyl (C=O) groups excluding carboxylic acids is 3. The maximum absolute atomic E-state index is 14.6. The van der Waals surface area contributed by atoms with Crippen LogP contribution >= 0.6 is 0 Å². The first-order chi connectivity index (χ1) is 17.8. The molecular weight excluding hydrogens is 503 g/mol. The van der Waals surface area contributed by atoms with Crippen LogP contribution in [0.3, 0.4) is 0 Å². The average Bonchev–Trinajstić information content (AvgIpc) is 2.86. The molecule has 3 atom stereocenters. The Bertz CT molecular complexity index is 1190. The van der Waals surface area contributed by atoms with Gasteiger partial charge in [0.2, 0.25) is 5.91 Å². The van der Waals surface area contributed by atoms with Crippen molar-refractivity contribution < 1.29 is 37.4 Å². The Morgan fingerprint density at radius 1 is 1.05 bits per heavy atom. The third-order valence-corrected chi connectivity index (χ3v) is 6.26. The zero-order valence-electron chi connectivity index (χ0n) is 21.4. The number of hydrogen-bond acceptors (Lipinski definition) is 5. The minimum Gasteiger partial charge on any atom is -0.452 e. The number of carbonyl (C=O) groups is 3. The Balaban J connectivity index is 2.36. The SMILES string of the molecule is COC(=O)N1C=C(c2ccccc2)N(C(Cc2ccccc2)C(O)(NC(C)=O)C(F)(F)F)C(=O)C1C(C)C. The van der Waals surface area contributed by atoms with Crippen LogP contribution in [0.5, 0.6) is 0 Å². The Morgan fingerprint density at radius 2 is 1.61 bits per heavy atom. The van der Waals surface area contributed by atoms with Gasteiger partial charge in [-0.05, 0) is 23.5 Å². The van der Waals surface area contributed by atoms with Crippen molar-refractivity contribution >= 4 is 23.6 Å². The number of aliphatic hydroxyl groups is 1. The first-order valence-electron chi connectivity index (χ1n) is 11.9. The molecule has 0 bridgehead atoms. The highest BCUT2D eigenvalue weighted by molar-refractivity contribution is 5.96. The lowest BCUT2D eigenvalue weighted by Crippen LogP contribution is -2.72. The van der Waals surface area contributed by atoms with Gasteiger partial charge >= 0.3 is 12.3 Å². The average molecular weight is 534 g/mol. The van der Waals surface area contributed by atoms with E-state index in [1.54, 1.807) is 79.8 Å². The summed E-state index contributed by atoms with van der Waals surface area (Å²) in [6.45, 7) is 4.11. The van der Waals surface area contributed by atoms with Gasteiger partial charge < -0.3 is 15.2 Å². The van der Waals surface area contributed by atoms with Gasteiger partial charge in [-0.15, -0.1) is 0 Å². The van der Waals surface area contributed by atoms with Crippen LogP contribution in [-0.4, -0.2) is 63.9 Å². The van der Waals surface area contributed by atoms with E-state index < -0.39 is 54.2 Å². The number of methoxy groups -OCH3 is 1. The first kappa shape index (κ1) is 28.7. The molecule has 3 unspecified atom stereocenters. The summed E-state index contributed by atoms with van der Waals surface area (Å²) in [4.78, 5) is 40.6. The molecule has 3 amide bonds. The molecule has 2 aromatic carbocycles. The van der Waals surface area contributed by atoms with E-state index in [0.717, 1.165) is 23.8 Å². The molecular formula is C27H30F3N3O5. The fourth-order valence-electron chi connectivity index (χ4n) is 4.55. The third kappa shape index (κ3) is 5.67. The number of halogens is 3. The number of nitrogens with zero attached hydrogens (tertiary/aromatic N) is 2. The van der Waals surface area contributed by atoms with Gasteiger partial charge in [-0.25, -0.2) is 4.79 Å². The number of alkyl halides is 3. The Labute approximate surface area is 218 Å².